The molecule has 0 saturated carbocycles. The van der Waals surface area contributed by atoms with Crippen LogP contribution >= 0.6 is 0 Å². The number of likely N-dealkylation sites (tertiary alicyclic amines) is 1. The van der Waals surface area contributed by atoms with Crippen molar-refractivity contribution in [2.24, 2.45) is 5.92 Å². The molecule has 1 saturated heterocycles. The lowest BCUT2D eigenvalue weighted by Crippen LogP contribution is -2.40. The van der Waals surface area contributed by atoms with E-state index in [0.717, 1.165) is 5.56 Å². The van der Waals surface area contributed by atoms with Crippen LogP contribution in [-0.2, 0) is 20.9 Å². The standard InChI is InChI=1S/C20H29N3O5/c1-20(2,3)28-19(26)23-12-9-16(13-23)17(24)21-10-11-22-18(25)27-14-15-7-5-4-6-8-15/h4-8,16H,9-14H2,1-3H3,(H,21,24)(H,22,25)/t16-/m0/s1. The van der Waals surface area contributed by atoms with Gasteiger partial charge in [0.15, 0.2) is 0 Å². The fourth-order valence-corrected chi connectivity index (χ4v) is 2.74. The van der Waals surface area contributed by atoms with Crippen LogP contribution in [0.25, 0.3) is 0 Å². The van der Waals surface area contributed by atoms with Crippen molar-refractivity contribution >= 4 is 18.1 Å². The van der Waals surface area contributed by atoms with Crippen LogP contribution in [0.2, 0.25) is 0 Å². The summed E-state index contributed by atoms with van der Waals surface area (Å²) in [6.45, 7) is 7.02. The van der Waals surface area contributed by atoms with Crippen molar-refractivity contribution < 1.29 is 23.9 Å². The molecule has 0 aliphatic carbocycles. The number of rotatable bonds is 6. The Morgan fingerprint density at radius 3 is 2.46 bits per heavy atom. The fourth-order valence-electron chi connectivity index (χ4n) is 2.74. The highest BCUT2D eigenvalue weighted by atomic mass is 16.6. The van der Waals surface area contributed by atoms with Crippen molar-refractivity contribution in [1.82, 2.24) is 15.5 Å². The van der Waals surface area contributed by atoms with E-state index < -0.39 is 17.8 Å². The van der Waals surface area contributed by atoms with E-state index in [1.165, 1.54) is 0 Å². The van der Waals surface area contributed by atoms with Crippen LogP contribution in [0.15, 0.2) is 30.3 Å². The Bertz CT molecular complexity index is 672. The molecule has 0 bridgehead atoms. The molecule has 2 rings (SSSR count). The molecule has 0 unspecified atom stereocenters. The van der Waals surface area contributed by atoms with Gasteiger partial charge in [-0.3, -0.25) is 4.79 Å². The second-order valence-corrected chi connectivity index (χ2v) is 7.69. The molecule has 1 aromatic rings. The number of nitrogens with zero attached hydrogens (tertiary/aromatic N) is 1. The van der Waals surface area contributed by atoms with Crippen LogP contribution in [0.5, 0.6) is 0 Å². The maximum atomic E-state index is 12.2. The number of alkyl carbamates (subject to hydrolysis) is 1. The molecule has 1 aromatic carbocycles. The average Bonchev–Trinajstić information content (AvgIpc) is 3.13. The van der Waals surface area contributed by atoms with Crippen LogP contribution in [0.3, 0.4) is 0 Å². The highest BCUT2D eigenvalue weighted by Gasteiger charge is 2.33. The minimum absolute atomic E-state index is 0.134. The van der Waals surface area contributed by atoms with E-state index in [2.05, 4.69) is 10.6 Å². The highest BCUT2D eigenvalue weighted by molar-refractivity contribution is 5.80. The topological polar surface area (TPSA) is 97.0 Å². The lowest BCUT2D eigenvalue weighted by molar-refractivity contribution is -0.124. The number of carbonyl (C=O) groups is 3. The molecule has 28 heavy (non-hydrogen) atoms. The van der Waals surface area contributed by atoms with Gasteiger partial charge in [-0.2, -0.15) is 0 Å². The molecule has 154 valence electrons. The molecule has 1 fully saturated rings. The summed E-state index contributed by atoms with van der Waals surface area (Å²) in [5, 5.41) is 5.36. The number of ether oxygens (including phenoxy) is 2. The second kappa shape index (κ2) is 9.96. The van der Waals surface area contributed by atoms with Crippen molar-refractivity contribution in [2.75, 3.05) is 26.2 Å². The van der Waals surface area contributed by atoms with Gasteiger partial charge in [0.1, 0.15) is 12.2 Å². The van der Waals surface area contributed by atoms with Crippen molar-refractivity contribution in [2.45, 2.75) is 39.4 Å². The second-order valence-electron chi connectivity index (χ2n) is 7.69. The summed E-state index contributed by atoms with van der Waals surface area (Å²) >= 11 is 0. The summed E-state index contributed by atoms with van der Waals surface area (Å²) in [6, 6.07) is 9.38. The maximum absolute atomic E-state index is 12.2. The van der Waals surface area contributed by atoms with Gasteiger partial charge in [-0.05, 0) is 32.8 Å². The van der Waals surface area contributed by atoms with Gasteiger partial charge in [-0.25, -0.2) is 9.59 Å². The lowest BCUT2D eigenvalue weighted by atomic mass is 10.1. The van der Waals surface area contributed by atoms with E-state index in [0.29, 0.717) is 26.1 Å². The normalized spacial score (nSPS) is 16.4. The van der Waals surface area contributed by atoms with Gasteiger partial charge in [-0.15, -0.1) is 0 Å². The molecule has 8 heteroatoms. The maximum Gasteiger partial charge on any atom is 0.410 e. The summed E-state index contributed by atoms with van der Waals surface area (Å²) in [7, 11) is 0. The average molecular weight is 391 g/mol. The molecule has 0 aromatic heterocycles. The minimum atomic E-state index is -0.557. The number of hydrogen-bond acceptors (Lipinski definition) is 5. The van der Waals surface area contributed by atoms with Crippen LogP contribution < -0.4 is 10.6 Å². The Morgan fingerprint density at radius 1 is 1.11 bits per heavy atom. The fraction of sp³-hybridized carbons (Fsp3) is 0.550. The molecule has 2 N–H and O–H groups in total. The summed E-state index contributed by atoms with van der Waals surface area (Å²) in [4.78, 5) is 37.5. The van der Waals surface area contributed by atoms with E-state index >= 15 is 0 Å². The number of amides is 3. The van der Waals surface area contributed by atoms with E-state index in [4.69, 9.17) is 9.47 Å². The first-order valence-corrected chi connectivity index (χ1v) is 9.45. The zero-order valence-corrected chi connectivity index (χ0v) is 16.7. The van der Waals surface area contributed by atoms with Crippen LogP contribution in [0, 0.1) is 5.92 Å². The third-order valence-electron chi connectivity index (χ3n) is 4.12. The number of hydrogen-bond donors (Lipinski definition) is 2. The summed E-state index contributed by atoms with van der Waals surface area (Å²) in [5.41, 5.74) is 0.347. The van der Waals surface area contributed by atoms with Crippen LogP contribution in [-0.4, -0.2) is 54.8 Å². The first-order chi connectivity index (χ1) is 13.2. The highest BCUT2D eigenvalue weighted by Crippen LogP contribution is 2.19. The molecule has 1 atom stereocenters. The van der Waals surface area contributed by atoms with E-state index in [9.17, 15) is 14.4 Å². The quantitative estimate of drug-likeness (QED) is 0.725. The van der Waals surface area contributed by atoms with Crippen molar-refractivity contribution in [3.8, 4) is 0 Å². The van der Waals surface area contributed by atoms with Crippen molar-refractivity contribution in [3.05, 3.63) is 35.9 Å². The molecule has 1 aliphatic heterocycles. The molecular formula is C20H29N3O5. The minimum Gasteiger partial charge on any atom is -0.445 e. The zero-order valence-electron chi connectivity index (χ0n) is 16.7. The van der Waals surface area contributed by atoms with Crippen LogP contribution in [0.1, 0.15) is 32.8 Å². The van der Waals surface area contributed by atoms with Crippen molar-refractivity contribution in [1.29, 1.82) is 0 Å². The first kappa shape index (κ1) is 21.5. The number of carbonyl (C=O) groups excluding carboxylic acids is 3. The molecule has 0 spiro atoms. The summed E-state index contributed by atoms with van der Waals surface area (Å²) in [5.74, 6) is -0.400. The molecule has 1 heterocycles. The number of nitrogens with one attached hydrogen (secondary N) is 2. The largest absolute Gasteiger partial charge is 0.445 e. The van der Waals surface area contributed by atoms with E-state index in [-0.39, 0.29) is 25.0 Å². The van der Waals surface area contributed by atoms with E-state index in [1.807, 2.05) is 51.1 Å². The van der Waals surface area contributed by atoms with Gasteiger partial charge in [0, 0.05) is 26.2 Å². The predicted molar refractivity (Wildman–Crippen MR) is 104 cm³/mol. The van der Waals surface area contributed by atoms with Crippen LogP contribution in [0.4, 0.5) is 9.59 Å². The monoisotopic (exact) mass is 391 g/mol. The predicted octanol–water partition coefficient (Wildman–Crippen LogP) is 2.29. The Labute approximate surface area is 165 Å². The SMILES string of the molecule is CC(C)(C)OC(=O)N1CC[C@H](C(=O)NCCNC(=O)OCc2ccccc2)C1. The van der Waals surface area contributed by atoms with Gasteiger partial charge in [0.25, 0.3) is 0 Å². The van der Waals surface area contributed by atoms with Gasteiger partial charge in [-0.1, -0.05) is 30.3 Å². The van der Waals surface area contributed by atoms with Gasteiger partial charge in [0.2, 0.25) is 5.91 Å². The Morgan fingerprint density at radius 2 is 1.79 bits per heavy atom. The molecule has 8 nitrogen and oxygen atoms in total. The Kier molecular flexibility index (Phi) is 7.66. The lowest BCUT2D eigenvalue weighted by Gasteiger charge is -2.24. The van der Waals surface area contributed by atoms with E-state index in [1.54, 1.807) is 4.90 Å². The summed E-state index contributed by atoms with van der Waals surface area (Å²) in [6.07, 6.45) is -0.335. The third kappa shape index (κ3) is 7.46. The van der Waals surface area contributed by atoms with Gasteiger partial charge < -0.3 is 25.0 Å². The number of benzene rings is 1. The third-order valence-corrected chi connectivity index (χ3v) is 4.12. The van der Waals surface area contributed by atoms with Gasteiger partial charge in [0.05, 0.1) is 5.92 Å². The zero-order chi connectivity index (χ0) is 20.6. The Hall–Kier alpha value is -2.77. The van der Waals surface area contributed by atoms with Gasteiger partial charge >= 0.3 is 12.2 Å². The molecule has 3 amide bonds. The molecule has 1 aliphatic rings. The molecule has 0 radical (unpaired) electrons. The Balaban J connectivity index is 1.60. The summed E-state index contributed by atoms with van der Waals surface area (Å²) < 4.78 is 10.4. The molecular weight excluding hydrogens is 362 g/mol. The van der Waals surface area contributed by atoms with Crippen molar-refractivity contribution in [3.63, 3.8) is 0 Å². The smallest absolute Gasteiger partial charge is 0.410 e. The first-order valence-electron chi connectivity index (χ1n) is 9.45.